The van der Waals surface area contributed by atoms with E-state index in [1.807, 2.05) is 18.7 Å². The number of hydrogen-bond acceptors (Lipinski definition) is 8. The molecule has 0 saturated carbocycles. The van der Waals surface area contributed by atoms with Crippen LogP contribution in [0.5, 0.6) is 11.8 Å². The predicted molar refractivity (Wildman–Crippen MR) is 167 cm³/mol. The lowest BCUT2D eigenvalue weighted by molar-refractivity contribution is -0.00479. The minimum absolute atomic E-state index is 0.00263. The summed E-state index contributed by atoms with van der Waals surface area (Å²) in [5, 5.41) is 12.0. The van der Waals surface area contributed by atoms with Gasteiger partial charge in [0, 0.05) is 44.9 Å². The summed E-state index contributed by atoms with van der Waals surface area (Å²) in [6.07, 6.45) is 4.86. The van der Waals surface area contributed by atoms with Crippen LogP contribution >= 0.6 is 0 Å². The van der Waals surface area contributed by atoms with Crippen LogP contribution < -0.4 is 9.64 Å². The van der Waals surface area contributed by atoms with E-state index in [1.54, 1.807) is 13.2 Å². The first-order chi connectivity index (χ1) is 21.6. The summed E-state index contributed by atoms with van der Waals surface area (Å²) in [5.74, 6) is -0.744. The standard InChI is InChI=1S/C34H38F3N5O3/c1-4-23-26(36)8-7-20-13-22(43)14-24(27(20)23)29-28(37)30-25(16-38-29)31(41-11-5-9-33(2,18-41)44-3)40-32(39-30)45-19-34-10-6-12-42(34)17-21(35)15-34/h7-8,13-14,16,21,43H,4-6,9-12,15,17-19H2,1-3H3/t21-,33?,34+/m1/s1. The molecule has 7 rings (SSSR count). The Bertz CT molecular complexity index is 1790. The van der Waals surface area contributed by atoms with Gasteiger partial charge in [-0.15, -0.1) is 0 Å². The van der Waals surface area contributed by atoms with Crippen molar-refractivity contribution in [2.75, 3.05) is 44.8 Å². The van der Waals surface area contributed by atoms with Crippen LogP contribution in [0.3, 0.4) is 0 Å². The minimum Gasteiger partial charge on any atom is -0.508 e. The van der Waals surface area contributed by atoms with E-state index in [-0.39, 0.29) is 35.1 Å². The zero-order chi connectivity index (χ0) is 31.5. The molecule has 5 heterocycles. The van der Waals surface area contributed by atoms with Crippen LogP contribution in [0.1, 0.15) is 51.5 Å². The van der Waals surface area contributed by atoms with Crippen molar-refractivity contribution in [1.82, 2.24) is 19.9 Å². The van der Waals surface area contributed by atoms with Gasteiger partial charge in [0.05, 0.1) is 16.5 Å². The van der Waals surface area contributed by atoms with Crippen molar-refractivity contribution in [3.05, 3.63) is 47.7 Å². The van der Waals surface area contributed by atoms with E-state index in [4.69, 9.17) is 14.5 Å². The normalized spacial score (nSPS) is 25.4. The molecular weight excluding hydrogens is 583 g/mol. The number of anilines is 1. The maximum Gasteiger partial charge on any atom is 0.319 e. The highest BCUT2D eigenvalue weighted by Crippen LogP contribution is 2.42. The first kappa shape index (κ1) is 30.0. The first-order valence-corrected chi connectivity index (χ1v) is 15.8. The number of aromatic nitrogens is 3. The van der Waals surface area contributed by atoms with Gasteiger partial charge in [-0.1, -0.05) is 13.0 Å². The van der Waals surface area contributed by atoms with Crippen LogP contribution in [0.15, 0.2) is 30.5 Å². The molecule has 0 bridgehead atoms. The molecule has 3 aliphatic heterocycles. The van der Waals surface area contributed by atoms with Gasteiger partial charge in [0.25, 0.3) is 0 Å². The lowest BCUT2D eigenvalue weighted by atomic mass is 9.94. The molecule has 1 N–H and O–H groups in total. The van der Waals surface area contributed by atoms with Crippen molar-refractivity contribution in [2.24, 2.45) is 0 Å². The molecule has 8 nitrogen and oxygen atoms in total. The van der Waals surface area contributed by atoms with Crippen molar-refractivity contribution < 1.29 is 27.8 Å². The van der Waals surface area contributed by atoms with E-state index in [9.17, 15) is 13.9 Å². The third-order valence-corrected chi connectivity index (χ3v) is 10.1. The van der Waals surface area contributed by atoms with Crippen molar-refractivity contribution in [3.8, 4) is 23.0 Å². The van der Waals surface area contributed by atoms with Gasteiger partial charge in [0.2, 0.25) is 0 Å². The Balaban J connectivity index is 1.38. The summed E-state index contributed by atoms with van der Waals surface area (Å²) in [7, 11) is 1.68. The summed E-state index contributed by atoms with van der Waals surface area (Å²) in [6, 6.07) is 5.86. The summed E-state index contributed by atoms with van der Waals surface area (Å²) < 4.78 is 58.3. The fourth-order valence-electron chi connectivity index (χ4n) is 7.75. The molecule has 11 heteroatoms. The third kappa shape index (κ3) is 5.13. The summed E-state index contributed by atoms with van der Waals surface area (Å²) >= 11 is 0. The number of fused-ring (bicyclic) bond motifs is 3. The number of phenolic OH excluding ortho intramolecular Hbond substituents is 1. The lowest BCUT2D eigenvalue weighted by Gasteiger charge is -2.40. The number of piperidine rings is 1. The topological polar surface area (TPSA) is 83.8 Å². The van der Waals surface area contributed by atoms with Gasteiger partial charge in [-0.2, -0.15) is 9.97 Å². The Labute approximate surface area is 260 Å². The number of alkyl halides is 1. The molecule has 4 aromatic rings. The average Bonchev–Trinajstić information content (AvgIpc) is 3.55. The number of ether oxygens (including phenoxy) is 2. The molecular formula is C34H38F3N5O3. The van der Waals surface area contributed by atoms with E-state index < -0.39 is 28.9 Å². The van der Waals surface area contributed by atoms with Gasteiger partial charge < -0.3 is 19.5 Å². The second-order valence-electron chi connectivity index (χ2n) is 13.0. The monoisotopic (exact) mass is 621 g/mol. The van der Waals surface area contributed by atoms with Gasteiger partial charge >= 0.3 is 6.01 Å². The van der Waals surface area contributed by atoms with Gasteiger partial charge in [-0.05, 0) is 80.1 Å². The maximum atomic E-state index is 16.8. The number of phenols is 1. The highest BCUT2D eigenvalue weighted by molar-refractivity contribution is 6.01. The number of benzene rings is 2. The predicted octanol–water partition coefficient (Wildman–Crippen LogP) is 6.35. The van der Waals surface area contributed by atoms with Gasteiger partial charge in [0.1, 0.15) is 41.4 Å². The molecule has 45 heavy (non-hydrogen) atoms. The second kappa shape index (κ2) is 11.3. The van der Waals surface area contributed by atoms with Gasteiger partial charge in [-0.3, -0.25) is 9.88 Å². The van der Waals surface area contributed by atoms with Crippen LogP contribution in [0, 0.1) is 11.6 Å². The van der Waals surface area contributed by atoms with E-state index in [0.717, 1.165) is 32.2 Å². The first-order valence-electron chi connectivity index (χ1n) is 15.8. The van der Waals surface area contributed by atoms with E-state index in [0.29, 0.717) is 60.0 Å². The quantitative estimate of drug-likeness (QED) is 0.256. The molecule has 2 aromatic carbocycles. The summed E-state index contributed by atoms with van der Waals surface area (Å²) in [5.41, 5.74) is -0.226. The number of rotatable bonds is 7. The van der Waals surface area contributed by atoms with E-state index in [2.05, 4.69) is 14.9 Å². The molecule has 2 aromatic heterocycles. The molecule has 3 atom stereocenters. The van der Waals surface area contributed by atoms with Crippen LogP contribution in [-0.4, -0.2) is 82.2 Å². The average molecular weight is 622 g/mol. The van der Waals surface area contributed by atoms with Crippen molar-refractivity contribution in [3.63, 3.8) is 0 Å². The fourth-order valence-corrected chi connectivity index (χ4v) is 7.75. The molecule has 0 aliphatic carbocycles. The van der Waals surface area contributed by atoms with Crippen molar-refractivity contribution >= 4 is 27.5 Å². The minimum atomic E-state index is -0.914. The number of hydrogen-bond donors (Lipinski definition) is 1. The van der Waals surface area contributed by atoms with Crippen molar-refractivity contribution in [1.29, 1.82) is 0 Å². The largest absolute Gasteiger partial charge is 0.508 e. The second-order valence-corrected chi connectivity index (χ2v) is 13.0. The smallest absolute Gasteiger partial charge is 0.319 e. The Hall–Kier alpha value is -3.70. The molecule has 0 radical (unpaired) electrons. The van der Waals surface area contributed by atoms with Crippen LogP contribution in [-0.2, 0) is 11.2 Å². The van der Waals surface area contributed by atoms with E-state index in [1.165, 1.54) is 24.4 Å². The SMILES string of the molecule is CCc1c(F)ccc2cc(O)cc(-c3ncc4c(N5CCCC(C)(OC)C5)nc(OC[C@@]56CCCN5C[C@H](F)C6)nc4c3F)c12. The molecule has 0 spiro atoms. The maximum absolute atomic E-state index is 16.8. The van der Waals surface area contributed by atoms with Crippen LogP contribution in [0.25, 0.3) is 32.9 Å². The Morgan fingerprint density at radius 3 is 2.73 bits per heavy atom. The number of pyridine rings is 1. The molecule has 0 amide bonds. The highest BCUT2D eigenvalue weighted by Gasteiger charge is 2.49. The summed E-state index contributed by atoms with van der Waals surface area (Å²) in [6.45, 7) is 6.47. The Kier molecular flexibility index (Phi) is 7.51. The zero-order valence-electron chi connectivity index (χ0n) is 25.9. The van der Waals surface area contributed by atoms with Crippen LogP contribution in [0.2, 0.25) is 0 Å². The number of aryl methyl sites for hydroxylation is 1. The molecule has 238 valence electrons. The highest BCUT2D eigenvalue weighted by atomic mass is 19.1. The Morgan fingerprint density at radius 1 is 1.11 bits per heavy atom. The summed E-state index contributed by atoms with van der Waals surface area (Å²) in [4.78, 5) is 18.1. The number of methoxy groups -OCH3 is 1. The third-order valence-electron chi connectivity index (χ3n) is 10.1. The zero-order valence-corrected chi connectivity index (χ0v) is 25.9. The molecule has 3 fully saturated rings. The number of aromatic hydroxyl groups is 1. The Morgan fingerprint density at radius 2 is 1.93 bits per heavy atom. The molecule has 1 unspecified atom stereocenters. The van der Waals surface area contributed by atoms with Gasteiger partial charge in [0.15, 0.2) is 5.82 Å². The lowest BCUT2D eigenvalue weighted by Crippen LogP contribution is -2.48. The molecule has 3 saturated heterocycles. The van der Waals surface area contributed by atoms with Crippen molar-refractivity contribution in [2.45, 2.75) is 69.7 Å². The van der Waals surface area contributed by atoms with Crippen LogP contribution in [0.4, 0.5) is 19.0 Å². The number of nitrogens with zero attached hydrogens (tertiary/aromatic N) is 5. The van der Waals surface area contributed by atoms with Gasteiger partial charge in [-0.25, -0.2) is 13.2 Å². The molecule has 3 aliphatic rings. The number of halogens is 3. The fraction of sp³-hybridized carbons (Fsp3) is 0.500. The van der Waals surface area contributed by atoms with E-state index >= 15 is 4.39 Å².